The maximum Gasteiger partial charge on any atom is 0.222 e. The zero-order valence-corrected chi connectivity index (χ0v) is 13.0. The smallest absolute Gasteiger partial charge is 0.222 e. The van der Waals surface area contributed by atoms with Crippen LogP contribution in [0.15, 0.2) is 48.5 Å². The third-order valence-electron chi connectivity index (χ3n) is 3.51. The maximum atomic E-state index is 13.5. The quantitative estimate of drug-likeness (QED) is 0.782. The molecule has 3 nitrogen and oxygen atoms in total. The van der Waals surface area contributed by atoms with E-state index in [1.165, 1.54) is 23.1 Å². The van der Waals surface area contributed by atoms with Crippen molar-refractivity contribution in [3.8, 4) is 5.75 Å². The lowest BCUT2D eigenvalue weighted by Gasteiger charge is -2.17. The van der Waals surface area contributed by atoms with E-state index in [-0.39, 0.29) is 30.5 Å². The fraction of sp³-hybridized carbons (Fsp3) is 0.278. The molecule has 0 unspecified atom stereocenters. The molecule has 23 heavy (non-hydrogen) atoms. The summed E-state index contributed by atoms with van der Waals surface area (Å²) in [5.74, 6) is -0.669. The molecule has 2 rings (SSSR count). The number of aryl methyl sites for hydroxylation is 1. The first-order valence-corrected chi connectivity index (χ1v) is 7.42. The summed E-state index contributed by atoms with van der Waals surface area (Å²) < 4.78 is 32.2. The first kappa shape index (κ1) is 16.9. The molecule has 0 aromatic heterocycles. The maximum absolute atomic E-state index is 13.5. The number of para-hydroxylation sites is 1. The number of halogens is 2. The summed E-state index contributed by atoms with van der Waals surface area (Å²) >= 11 is 0. The minimum absolute atomic E-state index is 0.106. The van der Waals surface area contributed by atoms with Gasteiger partial charge in [0.05, 0.1) is 6.54 Å². The summed E-state index contributed by atoms with van der Waals surface area (Å²) in [5.41, 5.74) is 0.525. The summed E-state index contributed by atoms with van der Waals surface area (Å²) in [7, 11) is 1.65. The summed E-state index contributed by atoms with van der Waals surface area (Å²) in [6, 6.07) is 12.5. The van der Waals surface area contributed by atoms with E-state index in [1.54, 1.807) is 37.4 Å². The van der Waals surface area contributed by atoms with Crippen LogP contribution in [0, 0.1) is 11.6 Å². The van der Waals surface area contributed by atoms with Gasteiger partial charge in [-0.05, 0) is 30.2 Å². The molecule has 0 spiro atoms. The van der Waals surface area contributed by atoms with E-state index >= 15 is 0 Å². The van der Waals surface area contributed by atoms with E-state index in [9.17, 15) is 13.6 Å². The fourth-order valence-electron chi connectivity index (χ4n) is 2.11. The van der Waals surface area contributed by atoms with Crippen molar-refractivity contribution in [2.75, 3.05) is 20.2 Å². The van der Waals surface area contributed by atoms with Crippen LogP contribution in [-0.2, 0) is 11.2 Å². The van der Waals surface area contributed by atoms with Crippen molar-refractivity contribution in [3.05, 3.63) is 65.7 Å². The number of likely N-dealkylation sites (N-methyl/N-ethyl adjacent to an activating group) is 1. The van der Waals surface area contributed by atoms with Crippen molar-refractivity contribution < 1.29 is 18.3 Å². The van der Waals surface area contributed by atoms with Crippen LogP contribution >= 0.6 is 0 Å². The van der Waals surface area contributed by atoms with Crippen molar-refractivity contribution in [1.82, 2.24) is 4.90 Å². The Hall–Kier alpha value is -2.43. The van der Waals surface area contributed by atoms with Crippen LogP contribution in [0.2, 0.25) is 0 Å². The van der Waals surface area contributed by atoms with Gasteiger partial charge < -0.3 is 9.64 Å². The van der Waals surface area contributed by atoms with Crippen LogP contribution in [0.25, 0.3) is 0 Å². The lowest BCUT2D eigenvalue weighted by Crippen LogP contribution is -2.31. The first-order valence-electron chi connectivity index (χ1n) is 7.42. The molecule has 0 saturated carbocycles. The molecule has 1 amide bonds. The van der Waals surface area contributed by atoms with E-state index in [0.717, 1.165) is 0 Å². The average Bonchev–Trinajstić information content (AvgIpc) is 2.55. The number of rotatable bonds is 7. The Balaban J connectivity index is 1.75. The van der Waals surface area contributed by atoms with Gasteiger partial charge >= 0.3 is 0 Å². The minimum Gasteiger partial charge on any atom is -0.489 e. The highest BCUT2D eigenvalue weighted by Gasteiger charge is 2.11. The number of ether oxygens (including phenoxy) is 1. The Labute approximate surface area is 134 Å². The second-order valence-electron chi connectivity index (χ2n) is 5.19. The molecule has 0 bridgehead atoms. The Kier molecular flexibility index (Phi) is 6.09. The van der Waals surface area contributed by atoms with Gasteiger partial charge in [-0.15, -0.1) is 0 Å². The number of nitrogens with zero attached hydrogens (tertiary/aromatic N) is 1. The van der Waals surface area contributed by atoms with Gasteiger partial charge in [0.25, 0.3) is 0 Å². The summed E-state index contributed by atoms with van der Waals surface area (Å²) in [6.07, 6.45) is 0.571. The molecule has 0 atom stereocenters. The third kappa shape index (κ3) is 5.06. The van der Waals surface area contributed by atoms with E-state index in [2.05, 4.69) is 0 Å². The van der Waals surface area contributed by atoms with Crippen LogP contribution in [0.5, 0.6) is 5.75 Å². The number of hydrogen-bond acceptors (Lipinski definition) is 2. The van der Waals surface area contributed by atoms with Gasteiger partial charge in [0, 0.05) is 13.5 Å². The van der Waals surface area contributed by atoms with Gasteiger partial charge in [-0.3, -0.25) is 4.79 Å². The normalized spacial score (nSPS) is 10.4. The largest absolute Gasteiger partial charge is 0.489 e. The second-order valence-corrected chi connectivity index (χ2v) is 5.19. The third-order valence-corrected chi connectivity index (χ3v) is 3.51. The molecule has 0 aliphatic rings. The highest BCUT2D eigenvalue weighted by Crippen LogP contribution is 2.15. The van der Waals surface area contributed by atoms with Crippen LogP contribution in [0.3, 0.4) is 0 Å². The van der Waals surface area contributed by atoms with E-state index < -0.39 is 5.82 Å². The molecule has 0 fully saturated rings. The van der Waals surface area contributed by atoms with Crippen molar-refractivity contribution in [3.63, 3.8) is 0 Å². The van der Waals surface area contributed by atoms with Gasteiger partial charge in [-0.2, -0.15) is 0 Å². The zero-order valence-electron chi connectivity index (χ0n) is 13.0. The molecule has 0 N–H and O–H groups in total. The zero-order chi connectivity index (χ0) is 16.7. The number of amides is 1. The van der Waals surface area contributed by atoms with Crippen molar-refractivity contribution in [2.45, 2.75) is 12.8 Å². The number of hydrogen-bond donors (Lipinski definition) is 0. The predicted molar refractivity (Wildman–Crippen MR) is 84.3 cm³/mol. The molecule has 2 aromatic carbocycles. The topological polar surface area (TPSA) is 29.5 Å². The highest BCUT2D eigenvalue weighted by molar-refractivity contribution is 5.76. The molecule has 5 heteroatoms. The Morgan fingerprint density at radius 3 is 2.39 bits per heavy atom. The second kappa shape index (κ2) is 8.27. The molecule has 0 aliphatic carbocycles. The Morgan fingerprint density at radius 2 is 1.70 bits per heavy atom. The molecule has 2 aromatic rings. The van der Waals surface area contributed by atoms with Crippen molar-refractivity contribution in [1.29, 1.82) is 0 Å². The fourth-order valence-corrected chi connectivity index (χ4v) is 2.11. The van der Waals surface area contributed by atoms with Gasteiger partial charge in [0.1, 0.15) is 12.4 Å². The van der Waals surface area contributed by atoms with Crippen LogP contribution < -0.4 is 4.74 Å². The molecule has 0 heterocycles. The minimum atomic E-state index is -0.430. The molecular weight excluding hydrogens is 300 g/mol. The van der Waals surface area contributed by atoms with Gasteiger partial charge in [0.2, 0.25) is 5.91 Å². The summed E-state index contributed by atoms with van der Waals surface area (Å²) in [6.45, 7) is 0.535. The molecule has 0 aliphatic heterocycles. The first-order chi connectivity index (χ1) is 11.1. The summed E-state index contributed by atoms with van der Waals surface area (Å²) in [4.78, 5) is 13.5. The SMILES string of the molecule is CN(CCOc1ccccc1F)C(=O)CCc1ccccc1F. The lowest BCUT2D eigenvalue weighted by molar-refractivity contribution is -0.130. The van der Waals surface area contributed by atoms with Crippen LogP contribution in [-0.4, -0.2) is 31.0 Å². The van der Waals surface area contributed by atoms with Gasteiger partial charge in [-0.1, -0.05) is 30.3 Å². The molecule has 122 valence electrons. The van der Waals surface area contributed by atoms with Gasteiger partial charge in [0.15, 0.2) is 11.6 Å². The van der Waals surface area contributed by atoms with Crippen LogP contribution in [0.1, 0.15) is 12.0 Å². The Bertz CT molecular complexity index is 661. The lowest BCUT2D eigenvalue weighted by atomic mass is 10.1. The van der Waals surface area contributed by atoms with Crippen LogP contribution in [0.4, 0.5) is 8.78 Å². The molecule has 0 saturated heterocycles. The average molecular weight is 319 g/mol. The molecular formula is C18H19F2NO2. The monoisotopic (exact) mass is 319 g/mol. The van der Waals surface area contributed by atoms with Gasteiger partial charge in [-0.25, -0.2) is 8.78 Å². The Morgan fingerprint density at radius 1 is 1.04 bits per heavy atom. The van der Waals surface area contributed by atoms with Crippen molar-refractivity contribution in [2.24, 2.45) is 0 Å². The number of carbonyl (C=O) groups is 1. The van der Waals surface area contributed by atoms with E-state index in [4.69, 9.17) is 4.74 Å². The summed E-state index contributed by atoms with van der Waals surface area (Å²) in [5, 5.41) is 0. The number of benzene rings is 2. The van der Waals surface area contributed by atoms with Crippen molar-refractivity contribution >= 4 is 5.91 Å². The number of carbonyl (C=O) groups excluding carboxylic acids is 1. The van der Waals surface area contributed by atoms with E-state index in [0.29, 0.717) is 18.5 Å². The van der Waals surface area contributed by atoms with E-state index in [1.807, 2.05) is 0 Å². The predicted octanol–water partition coefficient (Wildman–Crippen LogP) is 3.43. The highest BCUT2D eigenvalue weighted by atomic mass is 19.1. The molecule has 0 radical (unpaired) electrons. The standard InChI is InChI=1S/C18H19F2NO2/c1-21(12-13-23-17-9-5-4-8-16(17)20)18(22)11-10-14-6-2-3-7-15(14)19/h2-9H,10-13H2,1H3.